The average Bonchev–Trinajstić information content (AvgIpc) is 3.35. The van der Waals surface area contributed by atoms with E-state index in [9.17, 15) is 9.90 Å². The molecule has 1 aromatic rings. The molecular weight excluding hydrogens is 388 g/mol. The zero-order valence-electron chi connectivity index (χ0n) is 19.6. The number of aromatic nitrogens is 2. The van der Waals surface area contributed by atoms with Gasteiger partial charge in [0.25, 0.3) is 0 Å². The molecule has 1 aromatic heterocycles. The Morgan fingerprint density at radius 1 is 1.10 bits per heavy atom. The van der Waals surface area contributed by atoms with Gasteiger partial charge in [-0.15, -0.1) is 0 Å². The van der Waals surface area contributed by atoms with Crippen molar-refractivity contribution in [3.05, 3.63) is 18.7 Å². The third-order valence-electron chi connectivity index (χ3n) is 10.5. The van der Waals surface area contributed by atoms with Crippen LogP contribution >= 0.6 is 0 Å². The van der Waals surface area contributed by atoms with Gasteiger partial charge in [-0.3, -0.25) is 4.79 Å². The van der Waals surface area contributed by atoms with E-state index in [2.05, 4.69) is 18.8 Å². The van der Waals surface area contributed by atoms with E-state index >= 15 is 0 Å². The minimum absolute atomic E-state index is 0.160. The summed E-state index contributed by atoms with van der Waals surface area (Å²) in [6.45, 7) is 5.90. The maximum Gasteiger partial charge on any atom is 0.156 e. The van der Waals surface area contributed by atoms with Crippen molar-refractivity contribution in [3.8, 4) is 0 Å². The van der Waals surface area contributed by atoms with E-state index in [1.165, 1.54) is 32.1 Å². The standard InChI is InChI=1S/C26H40N2O3/c1-24-10-11-26(30,16-31-3)14-18(24)4-5-19-20-6-7-22(25(20,2)9-8-21(19)24)23(29)15-28-13-12-27-17-28/h12-13,17-22,30H,4-11,14-16H2,1-3H3/t18-,19+,20+,21-,22-,24-,25+,26-/m1/s1. The number of ketones is 1. The van der Waals surface area contributed by atoms with Gasteiger partial charge in [0, 0.05) is 25.4 Å². The maximum atomic E-state index is 13.3. The maximum absolute atomic E-state index is 13.3. The Labute approximate surface area is 187 Å². The molecule has 1 N–H and O–H groups in total. The van der Waals surface area contributed by atoms with E-state index in [1.54, 1.807) is 19.6 Å². The van der Waals surface area contributed by atoms with Crippen molar-refractivity contribution in [2.75, 3.05) is 13.7 Å². The number of Topliss-reactive ketones (excluding diaryl/α,β-unsaturated/α-hetero) is 1. The summed E-state index contributed by atoms with van der Waals surface area (Å²) in [4.78, 5) is 17.4. The van der Waals surface area contributed by atoms with Gasteiger partial charge >= 0.3 is 0 Å². The normalized spacial score (nSPS) is 46.8. The zero-order valence-corrected chi connectivity index (χ0v) is 19.6. The molecule has 5 nitrogen and oxygen atoms in total. The van der Waals surface area contributed by atoms with Gasteiger partial charge in [-0.05, 0) is 92.3 Å². The van der Waals surface area contributed by atoms with Crippen LogP contribution in [0.2, 0.25) is 0 Å². The molecule has 4 saturated carbocycles. The van der Waals surface area contributed by atoms with Gasteiger partial charge < -0.3 is 14.4 Å². The monoisotopic (exact) mass is 428 g/mol. The number of carbonyl (C=O) groups is 1. The van der Waals surface area contributed by atoms with Gasteiger partial charge in [0.15, 0.2) is 5.78 Å². The molecular formula is C26H40N2O3. The molecule has 0 bridgehead atoms. The Morgan fingerprint density at radius 3 is 2.65 bits per heavy atom. The van der Waals surface area contributed by atoms with E-state index in [4.69, 9.17) is 4.74 Å². The summed E-state index contributed by atoms with van der Waals surface area (Å²) in [6.07, 6.45) is 15.5. The largest absolute Gasteiger partial charge is 0.387 e. The summed E-state index contributed by atoms with van der Waals surface area (Å²) in [6, 6.07) is 0. The lowest BCUT2D eigenvalue weighted by atomic mass is 9.44. The Hall–Kier alpha value is -1.20. The summed E-state index contributed by atoms with van der Waals surface area (Å²) in [5.74, 6) is 3.39. The lowest BCUT2D eigenvalue weighted by Gasteiger charge is -2.62. The minimum Gasteiger partial charge on any atom is -0.387 e. The van der Waals surface area contributed by atoms with E-state index in [1.807, 2.05) is 10.8 Å². The van der Waals surface area contributed by atoms with Crippen LogP contribution in [0.3, 0.4) is 0 Å². The third-order valence-corrected chi connectivity index (χ3v) is 10.5. The third kappa shape index (κ3) is 3.42. The SMILES string of the molecule is COC[C@@]1(O)CC[C@]2(C)[C@H](CC[C@@H]3[C@H]2CC[C@]2(C)[C@@H](C(=O)Cn4ccnc4)CC[C@@H]32)C1. The predicted octanol–water partition coefficient (Wildman–Crippen LogP) is 4.49. The van der Waals surface area contributed by atoms with E-state index in [0.717, 1.165) is 37.5 Å². The molecule has 0 unspecified atom stereocenters. The van der Waals surface area contributed by atoms with Gasteiger partial charge in [0.2, 0.25) is 0 Å². The quantitative estimate of drug-likeness (QED) is 0.751. The first-order valence-corrected chi connectivity index (χ1v) is 12.5. The number of hydrogen-bond acceptors (Lipinski definition) is 4. The summed E-state index contributed by atoms with van der Waals surface area (Å²) >= 11 is 0. The molecule has 0 saturated heterocycles. The molecule has 0 spiro atoms. The lowest BCUT2D eigenvalue weighted by Crippen LogP contribution is -2.56. The fraction of sp³-hybridized carbons (Fsp3) is 0.846. The van der Waals surface area contributed by atoms with Crippen molar-refractivity contribution in [2.45, 2.75) is 83.8 Å². The van der Waals surface area contributed by atoms with Gasteiger partial charge in [0.1, 0.15) is 0 Å². The van der Waals surface area contributed by atoms with Crippen molar-refractivity contribution in [2.24, 2.45) is 40.4 Å². The summed E-state index contributed by atoms with van der Waals surface area (Å²) in [7, 11) is 1.70. The van der Waals surface area contributed by atoms with Gasteiger partial charge in [0.05, 0.1) is 25.1 Å². The highest BCUT2D eigenvalue weighted by Gasteiger charge is 2.62. The van der Waals surface area contributed by atoms with Crippen molar-refractivity contribution in [1.29, 1.82) is 0 Å². The first kappa shape index (κ1) is 21.6. The molecule has 172 valence electrons. The van der Waals surface area contributed by atoms with E-state index < -0.39 is 5.60 Å². The Kier molecular flexibility index (Phi) is 5.37. The van der Waals surface area contributed by atoms with Crippen LogP contribution in [0.4, 0.5) is 0 Å². The van der Waals surface area contributed by atoms with Crippen LogP contribution in [-0.2, 0) is 16.1 Å². The second-order valence-electron chi connectivity index (χ2n) is 11.9. The molecule has 4 aliphatic rings. The number of methoxy groups -OCH3 is 1. The molecule has 1 heterocycles. The van der Waals surface area contributed by atoms with Crippen molar-refractivity contribution in [3.63, 3.8) is 0 Å². The van der Waals surface area contributed by atoms with Crippen LogP contribution in [0.1, 0.15) is 71.6 Å². The second-order valence-corrected chi connectivity index (χ2v) is 11.9. The number of rotatable bonds is 5. The molecule has 4 aliphatic carbocycles. The van der Waals surface area contributed by atoms with E-state index in [0.29, 0.717) is 36.2 Å². The minimum atomic E-state index is -0.632. The summed E-state index contributed by atoms with van der Waals surface area (Å²) in [5.41, 5.74) is -0.135. The van der Waals surface area contributed by atoms with Crippen molar-refractivity contribution >= 4 is 5.78 Å². The highest BCUT2D eigenvalue weighted by molar-refractivity contribution is 5.82. The number of aliphatic hydroxyl groups is 1. The predicted molar refractivity (Wildman–Crippen MR) is 119 cm³/mol. The van der Waals surface area contributed by atoms with Gasteiger partial charge in [-0.25, -0.2) is 4.98 Å². The topological polar surface area (TPSA) is 64.3 Å². The number of nitrogens with zero attached hydrogens (tertiary/aromatic N) is 2. The van der Waals surface area contributed by atoms with Crippen molar-refractivity contribution in [1.82, 2.24) is 9.55 Å². The fourth-order valence-electron chi connectivity index (χ4n) is 8.92. The number of imidazole rings is 1. The molecule has 0 radical (unpaired) electrons. The smallest absolute Gasteiger partial charge is 0.156 e. The zero-order chi connectivity index (χ0) is 21.9. The molecule has 4 fully saturated rings. The molecule has 0 aliphatic heterocycles. The molecule has 5 heteroatoms. The summed E-state index contributed by atoms with van der Waals surface area (Å²) in [5, 5.41) is 11.0. The molecule has 0 aromatic carbocycles. The molecule has 31 heavy (non-hydrogen) atoms. The van der Waals surface area contributed by atoms with Crippen LogP contribution in [0, 0.1) is 40.4 Å². The second kappa shape index (κ2) is 7.69. The fourth-order valence-corrected chi connectivity index (χ4v) is 8.92. The Balaban J connectivity index is 1.33. The van der Waals surface area contributed by atoms with E-state index in [-0.39, 0.29) is 11.3 Å². The number of fused-ring (bicyclic) bond motifs is 5. The highest BCUT2D eigenvalue weighted by Crippen LogP contribution is 2.68. The average molecular weight is 429 g/mol. The van der Waals surface area contributed by atoms with Crippen LogP contribution < -0.4 is 0 Å². The Morgan fingerprint density at radius 2 is 1.90 bits per heavy atom. The molecule has 5 rings (SSSR count). The first-order chi connectivity index (χ1) is 14.8. The van der Waals surface area contributed by atoms with Crippen LogP contribution in [0.5, 0.6) is 0 Å². The van der Waals surface area contributed by atoms with Crippen molar-refractivity contribution < 1.29 is 14.6 Å². The van der Waals surface area contributed by atoms with Gasteiger partial charge in [-0.2, -0.15) is 0 Å². The molecule has 8 atom stereocenters. The highest BCUT2D eigenvalue weighted by atomic mass is 16.5. The lowest BCUT2D eigenvalue weighted by molar-refractivity contribution is -0.164. The summed E-state index contributed by atoms with van der Waals surface area (Å²) < 4.78 is 7.29. The molecule has 0 amide bonds. The Bertz CT molecular complexity index is 810. The number of carbonyl (C=O) groups excluding carboxylic acids is 1. The number of ether oxygens (including phenoxy) is 1. The van der Waals surface area contributed by atoms with Crippen LogP contribution in [0.25, 0.3) is 0 Å². The van der Waals surface area contributed by atoms with Crippen LogP contribution in [0.15, 0.2) is 18.7 Å². The first-order valence-electron chi connectivity index (χ1n) is 12.5. The van der Waals surface area contributed by atoms with Crippen LogP contribution in [-0.4, -0.2) is 39.8 Å². The van der Waals surface area contributed by atoms with Gasteiger partial charge in [-0.1, -0.05) is 13.8 Å². The number of hydrogen-bond donors (Lipinski definition) is 1.